The van der Waals surface area contributed by atoms with E-state index >= 15 is 0 Å². The Morgan fingerprint density at radius 2 is 2.20 bits per heavy atom. The van der Waals surface area contributed by atoms with E-state index < -0.39 is 0 Å². The van der Waals surface area contributed by atoms with E-state index in [1.54, 1.807) is 17.8 Å². The van der Waals surface area contributed by atoms with E-state index in [1.807, 2.05) is 17.0 Å². The van der Waals surface area contributed by atoms with Crippen molar-refractivity contribution in [1.82, 2.24) is 4.90 Å². The number of amides is 1. The Balaban J connectivity index is 2.10. The van der Waals surface area contributed by atoms with Crippen molar-refractivity contribution in [3.05, 3.63) is 33.8 Å². The third-order valence-corrected chi connectivity index (χ3v) is 5.53. The summed E-state index contributed by atoms with van der Waals surface area (Å²) >= 11 is 14.1. The smallest absolute Gasteiger partial charge is 0.223 e. The SMILES string of the molecule is CCCCCC(=O)N1CCS[C@@H]1c1cccc(Cl)c1Cl. The first-order valence-corrected chi connectivity index (χ1v) is 8.80. The second kappa shape index (κ2) is 7.58. The molecule has 1 aliphatic rings. The molecule has 0 N–H and O–H groups in total. The number of rotatable bonds is 5. The van der Waals surface area contributed by atoms with Crippen LogP contribution in [0.15, 0.2) is 18.2 Å². The van der Waals surface area contributed by atoms with Crippen molar-refractivity contribution in [3.8, 4) is 0 Å². The molecule has 0 aliphatic carbocycles. The molecular formula is C15H19Cl2NOS. The molecule has 1 amide bonds. The summed E-state index contributed by atoms with van der Waals surface area (Å²) in [7, 11) is 0. The van der Waals surface area contributed by atoms with Gasteiger partial charge in [0.25, 0.3) is 0 Å². The topological polar surface area (TPSA) is 20.3 Å². The lowest BCUT2D eigenvalue weighted by molar-refractivity contribution is -0.131. The van der Waals surface area contributed by atoms with Crippen LogP contribution in [0, 0.1) is 0 Å². The van der Waals surface area contributed by atoms with E-state index in [1.165, 1.54) is 0 Å². The van der Waals surface area contributed by atoms with Crippen molar-refractivity contribution in [1.29, 1.82) is 0 Å². The average Bonchev–Trinajstić information content (AvgIpc) is 2.91. The van der Waals surface area contributed by atoms with Crippen LogP contribution in [0.3, 0.4) is 0 Å². The number of nitrogens with zero attached hydrogens (tertiary/aromatic N) is 1. The van der Waals surface area contributed by atoms with Gasteiger partial charge in [-0.1, -0.05) is 55.1 Å². The Bertz CT molecular complexity index is 481. The summed E-state index contributed by atoms with van der Waals surface area (Å²) in [4.78, 5) is 14.3. The number of hydrogen-bond donors (Lipinski definition) is 0. The van der Waals surface area contributed by atoms with Gasteiger partial charge in [0.2, 0.25) is 5.91 Å². The third-order valence-electron chi connectivity index (χ3n) is 3.45. The maximum absolute atomic E-state index is 12.3. The zero-order valence-corrected chi connectivity index (χ0v) is 13.9. The molecule has 1 saturated heterocycles. The third kappa shape index (κ3) is 3.63. The number of unbranched alkanes of at least 4 members (excludes halogenated alkanes) is 2. The largest absolute Gasteiger partial charge is 0.326 e. The van der Waals surface area contributed by atoms with Gasteiger partial charge in [-0.2, -0.15) is 0 Å². The lowest BCUT2D eigenvalue weighted by atomic mass is 10.1. The normalized spacial score (nSPS) is 18.6. The number of benzene rings is 1. The van der Waals surface area contributed by atoms with Gasteiger partial charge in [0, 0.05) is 24.3 Å². The van der Waals surface area contributed by atoms with Gasteiger partial charge >= 0.3 is 0 Å². The maximum atomic E-state index is 12.3. The van der Waals surface area contributed by atoms with Crippen LogP contribution in [0.25, 0.3) is 0 Å². The van der Waals surface area contributed by atoms with Crippen LogP contribution >= 0.6 is 35.0 Å². The zero-order valence-electron chi connectivity index (χ0n) is 11.6. The van der Waals surface area contributed by atoms with Gasteiger partial charge in [-0.15, -0.1) is 11.8 Å². The molecule has 0 radical (unpaired) electrons. The minimum absolute atomic E-state index is 0.00956. The Kier molecular flexibility index (Phi) is 6.06. The van der Waals surface area contributed by atoms with Gasteiger partial charge in [-0.25, -0.2) is 0 Å². The van der Waals surface area contributed by atoms with E-state index in [0.29, 0.717) is 16.5 Å². The molecule has 0 aromatic heterocycles. The first-order chi connectivity index (χ1) is 9.65. The van der Waals surface area contributed by atoms with Gasteiger partial charge in [-0.3, -0.25) is 4.79 Å². The average molecular weight is 332 g/mol. The highest BCUT2D eigenvalue weighted by molar-refractivity contribution is 7.99. The first-order valence-electron chi connectivity index (χ1n) is 7.00. The molecule has 2 nitrogen and oxygen atoms in total. The van der Waals surface area contributed by atoms with E-state index in [0.717, 1.165) is 37.1 Å². The van der Waals surface area contributed by atoms with Crippen LogP contribution in [0.2, 0.25) is 10.0 Å². The summed E-state index contributed by atoms with van der Waals surface area (Å²) in [5, 5.41) is 1.13. The molecule has 1 aromatic rings. The quantitative estimate of drug-likeness (QED) is 0.695. The molecule has 2 rings (SSSR count). The fourth-order valence-electron chi connectivity index (χ4n) is 2.36. The molecule has 1 aliphatic heterocycles. The Morgan fingerprint density at radius 1 is 1.40 bits per heavy atom. The minimum Gasteiger partial charge on any atom is -0.326 e. The lowest BCUT2D eigenvalue weighted by Gasteiger charge is -2.25. The Morgan fingerprint density at radius 3 is 2.95 bits per heavy atom. The van der Waals surface area contributed by atoms with Gasteiger partial charge in [-0.05, 0) is 12.5 Å². The Hall–Kier alpha value is -0.380. The number of carbonyl (C=O) groups excluding carboxylic acids is 1. The van der Waals surface area contributed by atoms with Crippen LogP contribution in [-0.4, -0.2) is 23.1 Å². The summed E-state index contributed by atoms with van der Waals surface area (Å²) in [6.07, 6.45) is 3.83. The summed E-state index contributed by atoms with van der Waals surface area (Å²) < 4.78 is 0. The lowest BCUT2D eigenvalue weighted by Crippen LogP contribution is -2.30. The van der Waals surface area contributed by atoms with Crippen LogP contribution in [0.1, 0.15) is 43.5 Å². The second-order valence-corrected chi connectivity index (χ2v) is 6.88. The van der Waals surface area contributed by atoms with Crippen LogP contribution < -0.4 is 0 Å². The minimum atomic E-state index is 0.00956. The molecule has 20 heavy (non-hydrogen) atoms. The van der Waals surface area contributed by atoms with Crippen molar-refractivity contribution in [2.75, 3.05) is 12.3 Å². The van der Waals surface area contributed by atoms with E-state index in [9.17, 15) is 4.79 Å². The standard InChI is InChI=1S/C15H19Cl2NOS/c1-2-3-4-8-13(19)18-9-10-20-15(18)11-6-5-7-12(16)14(11)17/h5-7,15H,2-4,8-10H2,1H3/t15-/m1/s1. The molecule has 1 heterocycles. The molecule has 1 aromatic carbocycles. The summed E-state index contributed by atoms with van der Waals surface area (Å²) in [5.74, 6) is 1.18. The highest BCUT2D eigenvalue weighted by atomic mass is 35.5. The van der Waals surface area contributed by atoms with Crippen molar-refractivity contribution in [3.63, 3.8) is 0 Å². The molecule has 0 spiro atoms. The highest BCUT2D eigenvalue weighted by Gasteiger charge is 2.31. The summed E-state index contributed by atoms with van der Waals surface area (Å²) in [6, 6.07) is 5.63. The molecule has 110 valence electrons. The Labute approximate surface area is 134 Å². The highest BCUT2D eigenvalue weighted by Crippen LogP contribution is 2.43. The predicted octanol–water partition coefficient (Wildman–Crippen LogP) is 5.15. The van der Waals surface area contributed by atoms with Gasteiger partial charge < -0.3 is 4.90 Å². The number of hydrogen-bond acceptors (Lipinski definition) is 2. The predicted molar refractivity (Wildman–Crippen MR) is 87.5 cm³/mol. The van der Waals surface area contributed by atoms with Crippen molar-refractivity contribution in [2.45, 2.75) is 38.0 Å². The van der Waals surface area contributed by atoms with Gasteiger partial charge in [0.05, 0.1) is 10.0 Å². The van der Waals surface area contributed by atoms with Gasteiger partial charge in [0.15, 0.2) is 0 Å². The number of carbonyl (C=O) groups is 1. The first kappa shape index (κ1) is 16.0. The fourth-order valence-corrected chi connectivity index (χ4v) is 4.14. The molecule has 1 atom stereocenters. The second-order valence-electron chi connectivity index (χ2n) is 4.91. The van der Waals surface area contributed by atoms with E-state index in [2.05, 4.69) is 6.92 Å². The molecule has 5 heteroatoms. The van der Waals surface area contributed by atoms with Crippen molar-refractivity contribution < 1.29 is 4.79 Å². The molecule has 0 unspecified atom stereocenters. The summed E-state index contributed by atoms with van der Waals surface area (Å²) in [6.45, 7) is 2.94. The molecule has 1 fully saturated rings. The van der Waals surface area contributed by atoms with Crippen LogP contribution in [0.5, 0.6) is 0 Å². The summed E-state index contributed by atoms with van der Waals surface area (Å²) in [5.41, 5.74) is 0.950. The van der Waals surface area contributed by atoms with Crippen LogP contribution in [0.4, 0.5) is 0 Å². The number of thioether (sulfide) groups is 1. The van der Waals surface area contributed by atoms with E-state index in [-0.39, 0.29) is 11.3 Å². The fraction of sp³-hybridized carbons (Fsp3) is 0.533. The van der Waals surface area contributed by atoms with Gasteiger partial charge in [0.1, 0.15) is 5.37 Å². The zero-order chi connectivity index (χ0) is 14.5. The van der Waals surface area contributed by atoms with Crippen molar-refractivity contribution >= 4 is 40.9 Å². The van der Waals surface area contributed by atoms with Crippen LogP contribution in [-0.2, 0) is 4.79 Å². The number of halogens is 2. The molecule has 0 saturated carbocycles. The monoisotopic (exact) mass is 331 g/mol. The molecule has 0 bridgehead atoms. The molecular weight excluding hydrogens is 313 g/mol. The van der Waals surface area contributed by atoms with E-state index in [4.69, 9.17) is 23.2 Å². The van der Waals surface area contributed by atoms with Crippen molar-refractivity contribution in [2.24, 2.45) is 0 Å². The maximum Gasteiger partial charge on any atom is 0.223 e.